The van der Waals surface area contributed by atoms with Gasteiger partial charge in [0.05, 0.1) is 6.54 Å². The van der Waals surface area contributed by atoms with Crippen molar-refractivity contribution in [2.75, 3.05) is 19.6 Å². The van der Waals surface area contributed by atoms with Crippen molar-refractivity contribution in [3.63, 3.8) is 0 Å². The summed E-state index contributed by atoms with van der Waals surface area (Å²) >= 11 is 0. The first kappa shape index (κ1) is 18.0. The van der Waals surface area contributed by atoms with Gasteiger partial charge in [-0.2, -0.15) is 0 Å². The van der Waals surface area contributed by atoms with E-state index in [1.165, 1.54) is 44.3 Å². The van der Waals surface area contributed by atoms with Crippen molar-refractivity contribution in [3.8, 4) is 0 Å². The van der Waals surface area contributed by atoms with Crippen LogP contribution in [0.15, 0.2) is 12.4 Å². The van der Waals surface area contributed by atoms with E-state index in [0.717, 1.165) is 52.0 Å². The van der Waals surface area contributed by atoms with Gasteiger partial charge in [0.15, 0.2) is 0 Å². The molecule has 0 N–H and O–H groups in total. The Labute approximate surface area is 157 Å². The van der Waals surface area contributed by atoms with E-state index >= 15 is 0 Å². The van der Waals surface area contributed by atoms with Gasteiger partial charge in [0, 0.05) is 49.9 Å². The Kier molecular flexibility index (Phi) is 5.35. The summed E-state index contributed by atoms with van der Waals surface area (Å²) < 4.78 is 2.30. The Morgan fingerprint density at radius 2 is 2.04 bits per heavy atom. The number of aromatic nitrogens is 2. The van der Waals surface area contributed by atoms with Crippen LogP contribution in [-0.2, 0) is 17.9 Å². The van der Waals surface area contributed by atoms with Crippen molar-refractivity contribution < 1.29 is 4.79 Å². The average Bonchev–Trinajstić information content (AvgIpc) is 3.31. The maximum absolute atomic E-state index is 12.6. The molecule has 0 unspecified atom stereocenters. The third-order valence-corrected chi connectivity index (χ3v) is 6.83. The maximum Gasteiger partial charge on any atom is 0.222 e. The number of rotatable bonds is 5. The fourth-order valence-corrected chi connectivity index (χ4v) is 5.51. The van der Waals surface area contributed by atoms with E-state index in [-0.39, 0.29) is 0 Å². The minimum absolute atomic E-state index is 0.316. The lowest BCUT2D eigenvalue weighted by Crippen LogP contribution is -2.56. The minimum atomic E-state index is 0.316. The van der Waals surface area contributed by atoms with Gasteiger partial charge in [-0.05, 0) is 45.1 Å². The van der Waals surface area contributed by atoms with Crippen LogP contribution in [0.2, 0.25) is 0 Å². The molecule has 3 heterocycles. The molecule has 5 nitrogen and oxygen atoms in total. The van der Waals surface area contributed by atoms with Crippen LogP contribution in [0, 0.1) is 5.41 Å². The Balaban J connectivity index is 1.43. The first-order valence-electron chi connectivity index (χ1n) is 10.7. The monoisotopic (exact) mass is 358 g/mol. The molecule has 1 aliphatic carbocycles. The van der Waals surface area contributed by atoms with E-state index in [1.54, 1.807) is 0 Å². The van der Waals surface area contributed by atoms with Gasteiger partial charge in [0.2, 0.25) is 5.91 Å². The molecular formula is C21H34N4O. The van der Waals surface area contributed by atoms with Gasteiger partial charge < -0.3 is 9.47 Å². The average molecular weight is 359 g/mol. The molecule has 3 fully saturated rings. The van der Waals surface area contributed by atoms with Crippen LogP contribution >= 0.6 is 0 Å². The number of nitrogens with zero attached hydrogens (tertiary/aromatic N) is 4. The van der Waals surface area contributed by atoms with Crippen LogP contribution in [-0.4, -0.2) is 50.9 Å². The predicted octanol–water partition coefficient (Wildman–Crippen LogP) is 3.44. The molecular weight excluding hydrogens is 324 g/mol. The third kappa shape index (κ3) is 3.68. The normalized spacial score (nSPS) is 28.3. The fourth-order valence-electron chi connectivity index (χ4n) is 5.51. The number of imidazole rings is 1. The van der Waals surface area contributed by atoms with Crippen LogP contribution in [0.5, 0.6) is 0 Å². The van der Waals surface area contributed by atoms with Crippen molar-refractivity contribution in [3.05, 3.63) is 18.2 Å². The zero-order valence-corrected chi connectivity index (χ0v) is 16.3. The van der Waals surface area contributed by atoms with Crippen molar-refractivity contribution in [1.82, 2.24) is 19.4 Å². The summed E-state index contributed by atoms with van der Waals surface area (Å²) in [4.78, 5) is 22.0. The van der Waals surface area contributed by atoms with Crippen molar-refractivity contribution in [2.45, 2.75) is 83.8 Å². The van der Waals surface area contributed by atoms with Crippen molar-refractivity contribution in [2.24, 2.45) is 5.41 Å². The quantitative estimate of drug-likeness (QED) is 0.810. The summed E-state index contributed by atoms with van der Waals surface area (Å²) in [5, 5.41) is 0. The summed E-state index contributed by atoms with van der Waals surface area (Å²) in [5.74, 6) is 1.61. The zero-order valence-electron chi connectivity index (χ0n) is 16.3. The molecule has 3 aliphatic rings. The largest absolute Gasteiger partial charge is 0.339 e. The molecule has 1 saturated carbocycles. The number of hydrogen-bond acceptors (Lipinski definition) is 3. The van der Waals surface area contributed by atoms with E-state index in [1.807, 2.05) is 6.20 Å². The molecule has 5 heteroatoms. The van der Waals surface area contributed by atoms with Gasteiger partial charge in [0.1, 0.15) is 5.82 Å². The SMILES string of the molecule is CCCn1ccnc1CN1CCC[C@@]2(CCC(=O)N(C3CCCC3)C2)C1. The van der Waals surface area contributed by atoms with Crippen molar-refractivity contribution in [1.29, 1.82) is 0 Å². The molecule has 1 atom stereocenters. The highest BCUT2D eigenvalue weighted by molar-refractivity contribution is 5.77. The second-order valence-corrected chi connectivity index (χ2v) is 8.81. The highest BCUT2D eigenvalue weighted by atomic mass is 16.2. The molecule has 0 aromatic carbocycles. The van der Waals surface area contributed by atoms with E-state index in [9.17, 15) is 4.79 Å². The lowest BCUT2D eigenvalue weighted by molar-refractivity contribution is -0.142. The smallest absolute Gasteiger partial charge is 0.222 e. The first-order chi connectivity index (χ1) is 12.7. The highest BCUT2D eigenvalue weighted by Crippen LogP contribution is 2.41. The number of amides is 1. The van der Waals surface area contributed by atoms with Crippen LogP contribution in [0.4, 0.5) is 0 Å². The zero-order chi connectivity index (χ0) is 18.0. The van der Waals surface area contributed by atoms with Gasteiger partial charge in [-0.25, -0.2) is 4.98 Å². The number of hydrogen-bond donors (Lipinski definition) is 0. The van der Waals surface area contributed by atoms with Gasteiger partial charge in [-0.3, -0.25) is 9.69 Å². The lowest BCUT2D eigenvalue weighted by atomic mass is 9.73. The fraction of sp³-hybridized carbons (Fsp3) is 0.810. The number of piperidine rings is 2. The van der Waals surface area contributed by atoms with Crippen LogP contribution in [0.3, 0.4) is 0 Å². The number of aryl methyl sites for hydroxylation is 1. The molecule has 4 rings (SSSR count). The van der Waals surface area contributed by atoms with Gasteiger partial charge in [-0.1, -0.05) is 19.8 Å². The van der Waals surface area contributed by atoms with Crippen molar-refractivity contribution >= 4 is 5.91 Å². The molecule has 0 radical (unpaired) electrons. The summed E-state index contributed by atoms with van der Waals surface area (Å²) in [7, 11) is 0. The molecule has 2 aliphatic heterocycles. The van der Waals surface area contributed by atoms with Crippen LogP contribution < -0.4 is 0 Å². The Morgan fingerprint density at radius 1 is 1.19 bits per heavy atom. The molecule has 144 valence electrons. The number of likely N-dealkylation sites (tertiary alicyclic amines) is 2. The van der Waals surface area contributed by atoms with E-state index in [0.29, 0.717) is 17.4 Å². The second-order valence-electron chi connectivity index (χ2n) is 8.81. The van der Waals surface area contributed by atoms with Gasteiger partial charge >= 0.3 is 0 Å². The molecule has 1 aromatic rings. The molecule has 1 spiro atoms. The summed E-state index contributed by atoms with van der Waals surface area (Å²) in [6, 6.07) is 0.526. The topological polar surface area (TPSA) is 41.4 Å². The predicted molar refractivity (Wildman–Crippen MR) is 103 cm³/mol. The Morgan fingerprint density at radius 3 is 2.85 bits per heavy atom. The summed E-state index contributed by atoms with van der Waals surface area (Å²) in [6.07, 6.45) is 14.6. The van der Waals surface area contributed by atoms with Crippen LogP contribution in [0.25, 0.3) is 0 Å². The van der Waals surface area contributed by atoms with Gasteiger partial charge in [0.25, 0.3) is 0 Å². The molecule has 1 aromatic heterocycles. The van der Waals surface area contributed by atoms with E-state index in [2.05, 4.69) is 32.5 Å². The molecule has 2 saturated heterocycles. The summed E-state index contributed by atoms with van der Waals surface area (Å²) in [6.45, 7) is 7.51. The number of carbonyl (C=O) groups is 1. The van der Waals surface area contributed by atoms with Gasteiger partial charge in [-0.15, -0.1) is 0 Å². The maximum atomic E-state index is 12.6. The lowest BCUT2D eigenvalue weighted by Gasteiger charge is -2.49. The highest BCUT2D eigenvalue weighted by Gasteiger charge is 2.43. The minimum Gasteiger partial charge on any atom is -0.339 e. The number of carbonyl (C=O) groups excluding carboxylic acids is 1. The van der Waals surface area contributed by atoms with E-state index in [4.69, 9.17) is 0 Å². The standard InChI is InChI=1S/C21H34N4O/c1-2-12-24-14-11-22-19(24)15-23-13-5-9-21(16-23)10-8-20(26)25(17-21)18-6-3-4-7-18/h11,14,18H,2-10,12-13,15-17H2,1H3/t21-/m1/s1. The third-order valence-electron chi connectivity index (χ3n) is 6.83. The second kappa shape index (κ2) is 7.71. The first-order valence-corrected chi connectivity index (χ1v) is 10.7. The molecule has 26 heavy (non-hydrogen) atoms. The van der Waals surface area contributed by atoms with Crippen LogP contribution in [0.1, 0.15) is 70.5 Å². The Hall–Kier alpha value is -1.36. The molecule has 0 bridgehead atoms. The Bertz CT molecular complexity index is 621. The summed E-state index contributed by atoms with van der Waals surface area (Å²) in [5.41, 5.74) is 0.316. The molecule has 1 amide bonds. The van der Waals surface area contributed by atoms with E-state index < -0.39 is 0 Å².